The predicted octanol–water partition coefficient (Wildman–Crippen LogP) is 2.95. The number of rotatable bonds is 3. The molecule has 0 aliphatic heterocycles. The lowest BCUT2D eigenvalue weighted by atomic mass is 9.92. The van der Waals surface area contributed by atoms with Crippen LogP contribution in [0.4, 0.5) is 0 Å². The molecule has 0 spiro atoms. The molecular formula is C15H18N2O. The van der Waals surface area contributed by atoms with E-state index in [0.717, 1.165) is 22.4 Å². The summed E-state index contributed by atoms with van der Waals surface area (Å²) >= 11 is 0. The number of hydrogen-bond donors (Lipinski definition) is 1. The van der Waals surface area contributed by atoms with E-state index in [2.05, 4.69) is 11.1 Å². The van der Waals surface area contributed by atoms with Crippen LogP contribution < -0.4 is 10.5 Å². The normalized spacial score (nSPS) is 11.3. The SMILES string of the molecule is COc1cnccc1-c1cccc(C(C)(C)N)c1. The second kappa shape index (κ2) is 4.78. The van der Waals surface area contributed by atoms with E-state index in [1.807, 2.05) is 38.1 Å². The molecule has 0 radical (unpaired) electrons. The van der Waals surface area contributed by atoms with Crippen molar-refractivity contribution in [2.24, 2.45) is 5.73 Å². The fraction of sp³-hybridized carbons (Fsp3) is 0.267. The monoisotopic (exact) mass is 242 g/mol. The molecule has 0 saturated heterocycles. The molecule has 3 nitrogen and oxygen atoms in total. The Hall–Kier alpha value is -1.87. The largest absolute Gasteiger partial charge is 0.494 e. The lowest BCUT2D eigenvalue weighted by Gasteiger charge is -2.20. The van der Waals surface area contributed by atoms with Crippen LogP contribution >= 0.6 is 0 Å². The topological polar surface area (TPSA) is 48.1 Å². The van der Waals surface area contributed by atoms with E-state index in [1.165, 1.54) is 0 Å². The average molecular weight is 242 g/mol. The summed E-state index contributed by atoms with van der Waals surface area (Å²) in [6.45, 7) is 3.99. The van der Waals surface area contributed by atoms with Crippen LogP contribution in [0.2, 0.25) is 0 Å². The highest BCUT2D eigenvalue weighted by Gasteiger charge is 2.15. The van der Waals surface area contributed by atoms with Crippen LogP contribution in [-0.2, 0) is 5.54 Å². The van der Waals surface area contributed by atoms with Gasteiger partial charge < -0.3 is 10.5 Å². The lowest BCUT2D eigenvalue weighted by molar-refractivity contribution is 0.414. The maximum Gasteiger partial charge on any atom is 0.144 e. The number of benzene rings is 1. The number of ether oxygens (including phenoxy) is 1. The van der Waals surface area contributed by atoms with Crippen molar-refractivity contribution in [3.8, 4) is 16.9 Å². The lowest BCUT2D eigenvalue weighted by Crippen LogP contribution is -2.28. The molecule has 0 saturated carbocycles. The van der Waals surface area contributed by atoms with E-state index in [1.54, 1.807) is 19.5 Å². The molecule has 1 heterocycles. The zero-order valence-corrected chi connectivity index (χ0v) is 11.0. The summed E-state index contributed by atoms with van der Waals surface area (Å²) in [6.07, 6.45) is 3.48. The van der Waals surface area contributed by atoms with Crippen LogP contribution in [0.15, 0.2) is 42.7 Å². The van der Waals surface area contributed by atoms with E-state index < -0.39 is 0 Å². The zero-order valence-electron chi connectivity index (χ0n) is 11.0. The third-order valence-corrected chi connectivity index (χ3v) is 2.92. The number of pyridine rings is 1. The first kappa shape index (κ1) is 12.6. The Morgan fingerprint density at radius 1 is 1.22 bits per heavy atom. The summed E-state index contributed by atoms with van der Waals surface area (Å²) in [4.78, 5) is 4.06. The minimum absolute atomic E-state index is 0.351. The quantitative estimate of drug-likeness (QED) is 0.900. The van der Waals surface area contributed by atoms with Gasteiger partial charge in [0.15, 0.2) is 0 Å². The van der Waals surface area contributed by atoms with Crippen LogP contribution in [0.5, 0.6) is 5.75 Å². The van der Waals surface area contributed by atoms with Crippen molar-refractivity contribution in [3.05, 3.63) is 48.3 Å². The number of nitrogens with zero attached hydrogens (tertiary/aromatic N) is 1. The molecule has 0 amide bonds. The third kappa shape index (κ3) is 2.51. The summed E-state index contributed by atoms with van der Waals surface area (Å²) in [5.74, 6) is 0.768. The van der Waals surface area contributed by atoms with E-state index in [-0.39, 0.29) is 5.54 Å². The molecular weight excluding hydrogens is 224 g/mol. The van der Waals surface area contributed by atoms with Gasteiger partial charge >= 0.3 is 0 Å². The van der Waals surface area contributed by atoms with Gasteiger partial charge in [-0.2, -0.15) is 0 Å². The Balaban J connectivity index is 2.51. The van der Waals surface area contributed by atoms with Gasteiger partial charge in [-0.15, -0.1) is 0 Å². The van der Waals surface area contributed by atoms with Crippen LogP contribution in [-0.4, -0.2) is 12.1 Å². The van der Waals surface area contributed by atoms with Crippen LogP contribution in [0.1, 0.15) is 19.4 Å². The van der Waals surface area contributed by atoms with Gasteiger partial charge in [-0.1, -0.05) is 18.2 Å². The summed E-state index contributed by atoms with van der Waals surface area (Å²) in [7, 11) is 1.65. The first-order valence-electron chi connectivity index (χ1n) is 5.90. The molecule has 0 fully saturated rings. The van der Waals surface area contributed by atoms with Crippen molar-refractivity contribution in [2.45, 2.75) is 19.4 Å². The van der Waals surface area contributed by atoms with Crippen molar-refractivity contribution >= 4 is 0 Å². The molecule has 0 bridgehead atoms. The molecule has 0 aliphatic carbocycles. The van der Waals surface area contributed by atoms with Gasteiger partial charge in [0, 0.05) is 17.3 Å². The molecule has 18 heavy (non-hydrogen) atoms. The van der Waals surface area contributed by atoms with E-state index in [9.17, 15) is 0 Å². The minimum Gasteiger partial charge on any atom is -0.494 e. The Labute approximate surface area is 108 Å². The molecule has 1 aromatic carbocycles. The second-order valence-corrected chi connectivity index (χ2v) is 4.88. The summed E-state index contributed by atoms with van der Waals surface area (Å²) < 4.78 is 5.33. The molecule has 2 aromatic rings. The smallest absolute Gasteiger partial charge is 0.144 e. The predicted molar refractivity (Wildman–Crippen MR) is 73.4 cm³/mol. The highest BCUT2D eigenvalue weighted by molar-refractivity contribution is 5.70. The standard InChI is InChI=1S/C15H18N2O/c1-15(2,16)12-6-4-5-11(9-12)13-7-8-17-10-14(13)18-3/h4-10H,16H2,1-3H3. The average Bonchev–Trinajstić information content (AvgIpc) is 2.38. The van der Waals surface area contributed by atoms with Crippen molar-refractivity contribution in [1.29, 1.82) is 0 Å². The Kier molecular flexibility index (Phi) is 3.34. The Morgan fingerprint density at radius 2 is 2.00 bits per heavy atom. The third-order valence-electron chi connectivity index (χ3n) is 2.92. The number of nitrogens with two attached hydrogens (primary N) is 1. The van der Waals surface area contributed by atoms with Gasteiger partial charge in [0.2, 0.25) is 0 Å². The molecule has 0 atom stereocenters. The molecule has 2 N–H and O–H groups in total. The van der Waals surface area contributed by atoms with Crippen LogP contribution in [0.3, 0.4) is 0 Å². The minimum atomic E-state index is -0.351. The van der Waals surface area contributed by atoms with Gasteiger partial charge in [-0.3, -0.25) is 4.98 Å². The molecule has 0 aliphatic rings. The molecule has 0 unspecified atom stereocenters. The Morgan fingerprint density at radius 3 is 2.67 bits per heavy atom. The van der Waals surface area contributed by atoms with Gasteiger partial charge in [-0.05, 0) is 37.1 Å². The zero-order chi connectivity index (χ0) is 13.2. The van der Waals surface area contributed by atoms with Gasteiger partial charge in [0.1, 0.15) is 5.75 Å². The maximum atomic E-state index is 6.13. The molecule has 2 rings (SSSR count). The summed E-state index contributed by atoms with van der Waals surface area (Å²) in [5.41, 5.74) is 8.99. The Bertz CT molecular complexity index is 544. The van der Waals surface area contributed by atoms with Crippen molar-refractivity contribution < 1.29 is 4.74 Å². The first-order valence-corrected chi connectivity index (χ1v) is 5.90. The van der Waals surface area contributed by atoms with Crippen LogP contribution in [0.25, 0.3) is 11.1 Å². The van der Waals surface area contributed by atoms with Crippen LogP contribution in [0, 0.1) is 0 Å². The first-order chi connectivity index (χ1) is 8.52. The fourth-order valence-corrected chi connectivity index (χ4v) is 1.87. The summed E-state index contributed by atoms with van der Waals surface area (Å²) in [5, 5.41) is 0. The molecule has 1 aromatic heterocycles. The van der Waals surface area contributed by atoms with E-state index in [4.69, 9.17) is 10.5 Å². The fourth-order valence-electron chi connectivity index (χ4n) is 1.87. The van der Waals surface area contributed by atoms with Gasteiger partial charge in [-0.25, -0.2) is 0 Å². The van der Waals surface area contributed by atoms with Gasteiger partial charge in [0.25, 0.3) is 0 Å². The highest BCUT2D eigenvalue weighted by atomic mass is 16.5. The van der Waals surface area contributed by atoms with E-state index in [0.29, 0.717) is 0 Å². The van der Waals surface area contributed by atoms with E-state index >= 15 is 0 Å². The number of aromatic nitrogens is 1. The van der Waals surface area contributed by atoms with Gasteiger partial charge in [0.05, 0.1) is 13.3 Å². The van der Waals surface area contributed by atoms with Crippen molar-refractivity contribution in [3.63, 3.8) is 0 Å². The molecule has 94 valence electrons. The highest BCUT2D eigenvalue weighted by Crippen LogP contribution is 2.30. The second-order valence-electron chi connectivity index (χ2n) is 4.88. The molecule has 3 heteroatoms. The van der Waals surface area contributed by atoms with Crippen molar-refractivity contribution in [2.75, 3.05) is 7.11 Å². The maximum absolute atomic E-state index is 6.13. The number of hydrogen-bond acceptors (Lipinski definition) is 3. The summed E-state index contributed by atoms with van der Waals surface area (Å²) in [6, 6.07) is 10.1. The van der Waals surface area contributed by atoms with Crippen molar-refractivity contribution in [1.82, 2.24) is 4.98 Å². The number of methoxy groups -OCH3 is 1.